The fourth-order valence-electron chi connectivity index (χ4n) is 5.74. The standard InChI is InChI=1S/C41H41ClN4O6/c1-26-31(6-4-8-35(26)36-9-5-7-34(27(36)2)30-10-12-33(13-11-30)50-15-14-44-3)25-52-40-18-39(51-24-29-16-28(19-43)20-45-21-29)32(17-37(40)42)22-46-38(23-47)41(48)49/h4-13,16-18,20-21,38,44,46-47H,14-15,22-25H2,1-3H3,(H,48,49). The summed E-state index contributed by atoms with van der Waals surface area (Å²) in [7, 11) is 1.90. The topological polar surface area (TPSA) is 146 Å². The van der Waals surface area contributed by atoms with Gasteiger partial charge in [0.15, 0.2) is 0 Å². The Kier molecular flexibility index (Phi) is 13.2. The number of benzene rings is 4. The Morgan fingerprint density at radius 3 is 2.31 bits per heavy atom. The van der Waals surface area contributed by atoms with Crippen molar-refractivity contribution in [3.8, 4) is 45.6 Å². The summed E-state index contributed by atoms with van der Waals surface area (Å²) < 4.78 is 18.2. The monoisotopic (exact) mass is 720 g/mol. The molecule has 1 heterocycles. The number of aliphatic hydroxyl groups excluding tert-OH is 1. The van der Waals surface area contributed by atoms with Crippen molar-refractivity contribution in [2.24, 2.45) is 0 Å². The first-order chi connectivity index (χ1) is 25.2. The van der Waals surface area contributed by atoms with Crippen LogP contribution in [-0.2, 0) is 24.6 Å². The predicted octanol–water partition coefficient (Wildman–Crippen LogP) is 6.85. The number of carbonyl (C=O) groups is 1. The van der Waals surface area contributed by atoms with Gasteiger partial charge in [0.05, 0.1) is 17.2 Å². The van der Waals surface area contributed by atoms with Gasteiger partial charge >= 0.3 is 5.97 Å². The minimum atomic E-state index is -1.19. The highest BCUT2D eigenvalue weighted by atomic mass is 35.5. The molecule has 0 fully saturated rings. The molecule has 0 saturated carbocycles. The third-order valence-electron chi connectivity index (χ3n) is 8.69. The van der Waals surface area contributed by atoms with E-state index in [-0.39, 0.29) is 19.8 Å². The van der Waals surface area contributed by atoms with Gasteiger partial charge in [0.2, 0.25) is 0 Å². The molecule has 11 heteroatoms. The molecular weight excluding hydrogens is 680 g/mol. The van der Waals surface area contributed by atoms with Gasteiger partial charge in [-0.15, -0.1) is 0 Å². The van der Waals surface area contributed by atoms with Crippen molar-refractivity contribution in [1.82, 2.24) is 15.6 Å². The predicted molar refractivity (Wildman–Crippen MR) is 201 cm³/mol. The Bertz CT molecular complexity index is 2050. The second-order valence-electron chi connectivity index (χ2n) is 12.2. The summed E-state index contributed by atoms with van der Waals surface area (Å²) in [6.45, 7) is 5.37. The summed E-state index contributed by atoms with van der Waals surface area (Å²) in [4.78, 5) is 15.6. The van der Waals surface area contributed by atoms with Crippen LogP contribution in [0, 0.1) is 25.2 Å². The van der Waals surface area contributed by atoms with Crippen LogP contribution < -0.4 is 24.8 Å². The van der Waals surface area contributed by atoms with Crippen molar-refractivity contribution < 1.29 is 29.2 Å². The van der Waals surface area contributed by atoms with Crippen LogP contribution in [0.15, 0.2) is 91.3 Å². The van der Waals surface area contributed by atoms with Crippen molar-refractivity contribution in [1.29, 1.82) is 5.26 Å². The number of nitriles is 1. The fraction of sp³-hybridized carbons (Fsp3) is 0.244. The number of hydrogen-bond donors (Lipinski definition) is 4. The third-order valence-corrected chi connectivity index (χ3v) is 8.99. The number of aliphatic carboxylic acids is 1. The number of likely N-dealkylation sites (N-methyl/N-ethyl adjacent to an activating group) is 1. The van der Waals surface area contributed by atoms with Crippen LogP contribution in [0.2, 0.25) is 5.02 Å². The molecule has 0 saturated heterocycles. The molecule has 52 heavy (non-hydrogen) atoms. The number of aromatic nitrogens is 1. The van der Waals surface area contributed by atoms with E-state index in [2.05, 4.69) is 71.9 Å². The number of ether oxygens (including phenoxy) is 3. The summed E-state index contributed by atoms with van der Waals surface area (Å²) in [5, 5.41) is 34.4. The molecule has 1 aromatic heterocycles. The summed E-state index contributed by atoms with van der Waals surface area (Å²) in [6, 6.07) is 26.5. The van der Waals surface area contributed by atoms with E-state index in [1.165, 1.54) is 6.20 Å². The fourth-order valence-corrected chi connectivity index (χ4v) is 5.98. The normalized spacial score (nSPS) is 11.5. The van der Waals surface area contributed by atoms with Crippen molar-refractivity contribution in [2.75, 3.05) is 26.8 Å². The number of hydrogen-bond acceptors (Lipinski definition) is 9. The Morgan fingerprint density at radius 2 is 1.60 bits per heavy atom. The van der Waals surface area contributed by atoms with Crippen LogP contribution in [0.5, 0.6) is 17.2 Å². The van der Waals surface area contributed by atoms with E-state index >= 15 is 0 Å². The molecule has 0 bridgehead atoms. The van der Waals surface area contributed by atoms with E-state index in [4.69, 9.17) is 25.8 Å². The molecule has 4 N–H and O–H groups in total. The lowest BCUT2D eigenvalue weighted by Crippen LogP contribution is -2.39. The largest absolute Gasteiger partial charge is 0.492 e. The molecule has 0 aliphatic rings. The highest BCUT2D eigenvalue weighted by Crippen LogP contribution is 2.37. The number of halogens is 1. The van der Waals surface area contributed by atoms with Crippen molar-refractivity contribution in [3.05, 3.63) is 130 Å². The third kappa shape index (κ3) is 9.46. The maximum atomic E-state index is 11.5. The minimum absolute atomic E-state index is 0.0531. The number of nitrogens with zero attached hydrogens (tertiary/aromatic N) is 2. The molecule has 5 rings (SSSR count). The van der Waals surface area contributed by atoms with E-state index in [1.54, 1.807) is 24.4 Å². The highest BCUT2D eigenvalue weighted by molar-refractivity contribution is 6.32. The van der Waals surface area contributed by atoms with Crippen LogP contribution in [-0.4, -0.2) is 54.0 Å². The lowest BCUT2D eigenvalue weighted by molar-refractivity contribution is -0.140. The molecular formula is C41H41ClN4O6. The molecule has 5 aromatic rings. The molecule has 4 aromatic carbocycles. The van der Waals surface area contributed by atoms with Gasteiger partial charge in [-0.2, -0.15) is 5.26 Å². The van der Waals surface area contributed by atoms with Gasteiger partial charge in [-0.3, -0.25) is 15.1 Å². The second kappa shape index (κ2) is 18.2. The zero-order chi connectivity index (χ0) is 37.0. The highest BCUT2D eigenvalue weighted by Gasteiger charge is 2.19. The zero-order valence-corrected chi connectivity index (χ0v) is 30.0. The van der Waals surface area contributed by atoms with Crippen LogP contribution in [0.1, 0.15) is 33.4 Å². The molecule has 1 unspecified atom stereocenters. The van der Waals surface area contributed by atoms with Gasteiger partial charge in [-0.1, -0.05) is 60.1 Å². The van der Waals surface area contributed by atoms with E-state index < -0.39 is 18.6 Å². The number of carboxylic acids is 1. The molecule has 1 atom stereocenters. The zero-order valence-electron chi connectivity index (χ0n) is 29.3. The van der Waals surface area contributed by atoms with E-state index in [0.717, 1.165) is 51.2 Å². The Balaban J connectivity index is 1.37. The van der Waals surface area contributed by atoms with Crippen LogP contribution in [0.25, 0.3) is 22.3 Å². The van der Waals surface area contributed by atoms with Gasteiger partial charge in [0, 0.05) is 42.7 Å². The van der Waals surface area contributed by atoms with Crippen molar-refractivity contribution in [3.63, 3.8) is 0 Å². The average molecular weight is 721 g/mol. The van der Waals surface area contributed by atoms with Gasteiger partial charge in [0.1, 0.15) is 49.2 Å². The number of aliphatic hydroxyl groups is 1. The smallest absolute Gasteiger partial charge is 0.323 e. The first kappa shape index (κ1) is 37.8. The quantitative estimate of drug-likeness (QED) is 0.0753. The molecule has 0 aliphatic carbocycles. The summed E-state index contributed by atoms with van der Waals surface area (Å²) in [5.41, 5.74) is 9.28. The maximum Gasteiger partial charge on any atom is 0.323 e. The number of nitrogens with one attached hydrogen (secondary N) is 2. The SMILES string of the molecule is CNCCOc1ccc(-c2cccc(-c3cccc(COc4cc(OCc5cncc(C#N)c5)c(CNC(CO)C(=O)O)cc4Cl)c3C)c2C)cc1. The van der Waals surface area contributed by atoms with Crippen molar-refractivity contribution in [2.45, 2.75) is 39.6 Å². The van der Waals surface area contributed by atoms with Crippen LogP contribution >= 0.6 is 11.6 Å². The number of carboxylic acid groups (broad SMARTS) is 1. The Hall–Kier alpha value is -5.44. The van der Waals surface area contributed by atoms with Crippen molar-refractivity contribution >= 4 is 17.6 Å². The Morgan fingerprint density at radius 1 is 0.885 bits per heavy atom. The second-order valence-corrected chi connectivity index (χ2v) is 12.6. The average Bonchev–Trinajstić information content (AvgIpc) is 3.15. The van der Waals surface area contributed by atoms with E-state index in [9.17, 15) is 20.3 Å². The molecule has 268 valence electrons. The molecule has 0 spiro atoms. The summed E-state index contributed by atoms with van der Waals surface area (Å²) in [6.07, 6.45) is 3.06. The van der Waals surface area contributed by atoms with E-state index in [0.29, 0.717) is 39.8 Å². The molecule has 0 aliphatic heterocycles. The Labute approximate surface area is 308 Å². The van der Waals surface area contributed by atoms with Gasteiger partial charge < -0.3 is 29.7 Å². The van der Waals surface area contributed by atoms with E-state index in [1.807, 2.05) is 31.3 Å². The summed E-state index contributed by atoms with van der Waals surface area (Å²) >= 11 is 6.71. The van der Waals surface area contributed by atoms with Gasteiger partial charge in [0.25, 0.3) is 0 Å². The summed E-state index contributed by atoms with van der Waals surface area (Å²) in [5.74, 6) is 0.419. The first-order valence-electron chi connectivity index (χ1n) is 16.8. The molecule has 0 amide bonds. The number of pyridine rings is 1. The number of rotatable bonds is 17. The lowest BCUT2D eigenvalue weighted by atomic mass is 9.89. The first-order valence-corrected chi connectivity index (χ1v) is 17.2. The van der Waals surface area contributed by atoms with Crippen LogP contribution in [0.3, 0.4) is 0 Å². The van der Waals surface area contributed by atoms with Gasteiger partial charge in [-0.05, 0) is 84.1 Å². The lowest BCUT2D eigenvalue weighted by Gasteiger charge is -2.19. The van der Waals surface area contributed by atoms with Crippen LogP contribution in [0.4, 0.5) is 0 Å². The molecule has 10 nitrogen and oxygen atoms in total. The van der Waals surface area contributed by atoms with Gasteiger partial charge in [-0.25, -0.2) is 0 Å². The molecule has 0 radical (unpaired) electrons. The minimum Gasteiger partial charge on any atom is -0.492 e. The maximum absolute atomic E-state index is 11.5.